The van der Waals surface area contributed by atoms with Crippen LogP contribution in [0.5, 0.6) is 0 Å². The van der Waals surface area contributed by atoms with Crippen LogP contribution in [0.15, 0.2) is 24.3 Å². The van der Waals surface area contributed by atoms with E-state index >= 15 is 0 Å². The molecule has 2 heterocycles. The fourth-order valence-electron chi connectivity index (χ4n) is 4.63. The molecule has 1 aliphatic carbocycles. The van der Waals surface area contributed by atoms with Gasteiger partial charge in [0.25, 0.3) is 0 Å². The molecule has 0 amide bonds. The fourth-order valence-corrected chi connectivity index (χ4v) is 5.94. The maximum absolute atomic E-state index is 12.2. The van der Waals surface area contributed by atoms with Gasteiger partial charge in [-0.1, -0.05) is 26.0 Å². The third-order valence-corrected chi connectivity index (χ3v) is 7.49. The molecule has 1 atom stereocenters. The molecule has 2 aromatic rings. The van der Waals surface area contributed by atoms with E-state index in [2.05, 4.69) is 43.0 Å². The summed E-state index contributed by atoms with van der Waals surface area (Å²) in [6, 6.07) is 8.42. The van der Waals surface area contributed by atoms with E-state index in [-0.39, 0.29) is 5.41 Å². The van der Waals surface area contributed by atoms with Crippen LogP contribution in [0.2, 0.25) is 0 Å². The van der Waals surface area contributed by atoms with Crippen LogP contribution in [0.3, 0.4) is 0 Å². The zero-order valence-corrected chi connectivity index (χ0v) is 17.8. The lowest BCUT2D eigenvalue weighted by Crippen LogP contribution is -2.22. The van der Waals surface area contributed by atoms with E-state index in [9.17, 15) is 9.90 Å². The number of nitrogens with zero attached hydrogens (tertiary/aromatic N) is 1. The van der Waals surface area contributed by atoms with Gasteiger partial charge in [0.2, 0.25) is 0 Å². The molecule has 1 N–H and O–H groups in total. The molecular weight excluding hydrogens is 370 g/mol. The van der Waals surface area contributed by atoms with Gasteiger partial charge in [0, 0.05) is 41.6 Å². The Morgan fingerprint density at radius 1 is 1.39 bits per heavy atom. The molecule has 0 radical (unpaired) electrons. The van der Waals surface area contributed by atoms with E-state index in [1.165, 1.54) is 10.6 Å². The summed E-state index contributed by atoms with van der Waals surface area (Å²) < 4.78 is 5.32. The summed E-state index contributed by atoms with van der Waals surface area (Å²) in [4.78, 5) is 16.8. The SMILES string of the molecule is COC[C@H]1CCN(c2cccc(-c3sc4c(c3C(=O)O)CC(C)(C)CC4)c2)C1. The van der Waals surface area contributed by atoms with Gasteiger partial charge in [0.1, 0.15) is 0 Å². The molecule has 0 unspecified atom stereocenters. The summed E-state index contributed by atoms with van der Waals surface area (Å²) in [5, 5.41) is 10.00. The van der Waals surface area contributed by atoms with Crippen LogP contribution in [0.25, 0.3) is 10.4 Å². The lowest BCUT2D eigenvalue weighted by atomic mass is 9.76. The van der Waals surface area contributed by atoms with E-state index in [0.717, 1.165) is 61.4 Å². The first-order valence-corrected chi connectivity index (χ1v) is 10.9. The second kappa shape index (κ2) is 7.53. The van der Waals surface area contributed by atoms with Crippen molar-refractivity contribution in [2.75, 3.05) is 31.7 Å². The van der Waals surface area contributed by atoms with Crippen LogP contribution in [-0.4, -0.2) is 37.9 Å². The first kappa shape index (κ1) is 19.5. The van der Waals surface area contributed by atoms with Gasteiger partial charge >= 0.3 is 5.97 Å². The van der Waals surface area contributed by atoms with E-state index in [1.54, 1.807) is 18.4 Å². The minimum Gasteiger partial charge on any atom is -0.478 e. The van der Waals surface area contributed by atoms with Crippen LogP contribution in [-0.2, 0) is 17.6 Å². The number of carboxylic acid groups (broad SMARTS) is 1. The highest BCUT2D eigenvalue weighted by atomic mass is 32.1. The van der Waals surface area contributed by atoms with Gasteiger partial charge in [-0.2, -0.15) is 0 Å². The standard InChI is InChI=1S/C23H29NO3S/c1-23(2)9-7-19-18(12-23)20(22(25)26)21(28-19)16-5-4-6-17(11-16)24-10-8-15(13-24)14-27-3/h4-6,11,15H,7-10,12-14H2,1-3H3,(H,25,26)/t15-/m0/s1. The van der Waals surface area contributed by atoms with Crippen molar-refractivity contribution in [2.24, 2.45) is 11.3 Å². The van der Waals surface area contributed by atoms with Crippen molar-refractivity contribution in [3.05, 3.63) is 40.3 Å². The number of hydrogen-bond acceptors (Lipinski definition) is 4. The molecule has 5 heteroatoms. The number of ether oxygens (including phenoxy) is 1. The average molecular weight is 400 g/mol. The number of benzene rings is 1. The van der Waals surface area contributed by atoms with Crippen molar-refractivity contribution in [3.8, 4) is 10.4 Å². The number of thiophene rings is 1. The Bertz CT molecular complexity index is 886. The molecule has 28 heavy (non-hydrogen) atoms. The first-order chi connectivity index (χ1) is 13.4. The summed E-state index contributed by atoms with van der Waals surface area (Å²) in [5.41, 5.74) is 3.98. The van der Waals surface area contributed by atoms with Crippen molar-refractivity contribution in [1.82, 2.24) is 0 Å². The smallest absolute Gasteiger partial charge is 0.337 e. The monoisotopic (exact) mass is 399 g/mol. The molecule has 1 aliphatic heterocycles. The number of carboxylic acids is 1. The van der Waals surface area contributed by atoms with Gasteiger partial charge in [-0.3, -0.25) is 0 Å². The summed E-state index contributed by atoms with van der Waals surface area (Å²) in [6.45, 7) is 7.30. The van der Waals surface area contributed by atoms with E-state index in [4.69, 9.17) is 4.74 Å². The molecule has 1 fully saturated rings. The van der Waals surface area contributed by atoms with Gasteiger partial charge in [0.05, 0.1) is 12.2 Å². The predicted molar refractivity (Wildman–Crippen MR) is 115 cm³/mol. The van der Waals surface area contributed by atoms with Crippen LogP contribution in [0.1, 0.15) is 47.5 Å². The van der Waals surface area contributed by atoms with Gasteiger partial charge in [-0.05, 0) is 54.4 Å². The Labute approximate surface area is 171 Å². The topological polar surface area (TPSA) is 49.8 Å². The normalized spacial score (nSPS) is 21.0. The Morgan fingerprint density at radius 2 is 2.21 bits per heavy atom. The molecule has 0 bridgehead atoms. The highest BCUT2D eigenvalue weighted by Gasteiger charge is 2.33. The van der Waals surface area contributed by atoms with Gasteiger partial charge in [-0.15, -0.1) is 11.3 Å². The molecule has 1 aromatic heterocycles. The number of aryl methyl sites for hydroxylation is 1. The largest absolute Gasteiger partial charge is 0.478 e. The average Bonchev–Trinajstić information content (AvgIpc) is 3.25. The first-order valence-electron chi connectivity index (χ1n) is 10.1. The summed E-state index contributed by atoms with van der Waals surface area (Å²) in [5.74, 6) is -0.226. The Hall–Kier alpha value is -1.85. The molecule has 4 nitrogen and oxygen atoms in total. The Morgan fingerprint density at radius 3 is 2.96 bits per heavy atom. The minimum atomic E-state index is -0.795. The third-order valence-electron chi connectivity index (χ3n) is 6.15. The molecular formula is C23H29NO3S. The zero-order valence-electron chi connectivity index (χ0n) is 17.0. The maximum Gasteiger partial charge on any atom is 0.337 e. The van der Waals surface area contributed by atoms with Crippen molar-refractivity contribution >= 4 is 23.0 Å². The number of hydrogen-bond donors (Lipinski definition) is 1. The lowest BCUT2D eigenvalue weighted by molar-refractivity contribution is 0.0696. The fraction of sp³-hybridized carbons (Fsp3) is 0.522. The van der Waals surface area contributed by atoms with Gasteiger partial charge in [0.15, 0.2) is 0 Å². The van der Waals surface area contributed by atoms with Crippen molar-refractivity contribution in [2.45, 2.75) is 39.5 Å². The summed E-state index contributed by atoms with van der Waals surface area (Å²) in [6.07, 6.45) is 4.09. The van der Waals surface area contributed by atoms with E-state index in [0.29, 0.717) is 11.5 Å². The summed E-state index contributed by atoms with van der Waals surface area (Å²) in [7, 11) is 1.76. The molecule has 1 aromatic carbocycles. The van der Waals surface area contributed by atoms with E-state index < -0.39 is 5.97 Å². The number of fused-ring (bicyclic) bond motifs is 1. The Kier molecular flexibility index (Phi) is 5.23. The second-order valence-electron chi connectivity index (χ2n) is 8.96. The van der Waals surface area contributed by atoms with Crippen molar-refractivity contribution < 1.29 is 14.6 Å². The molecule has 0 saturated carbocycles. The van der Waals surface area contributed by atoms with Crippen molar-refractivity contribution in [3.63, 3.8) is 0 Å². The third kappa shape index (κ3) is 3.70. The highest BCUT2D eigenvalue weighted by molar-refractivity contribution is 7.16. The maximum atomic E-state index is 12.2. The molecule has 150 valence electrons. The molecule has 0 spiro atoms. The molecule has 4 rings (SSSR count). The number of anilines is 1. The van der Waals surface area contributed by atoms with Crippen LogP contribution < -0.4 is 4.90 Å². The summed E-state index contributed by atoms with van der Waals surface area (Å²) >= 11 is 1.68. The lowest BCUT2D eigenvalue weighted by Gasteiger charge is -2.29. The molecule has 2 aliphatic rings. The van der Waals surface area contributed by atoms with Gasteiger partial charge < -0.3 is 14.7 Å². The Balaban J connectivity index is 1.69. The second-order valence-corrected chi connectivity index (χ2v) is 10.1. The highest BCUT2D eigenvalue weighted by Crippen LogP contribution is 2.45. The van der Waals surface area contributed by atoms with Crippen LogP contribution >= 0.6 is 11.3 Å². The van der Waals surface area contributed by atoms with Crippen LogP contribution in [0, 0.1) is 11.3 Å². The quantitative estimate of drug-likeness (QED) is 0.760. The number of rotatable bonds is 5. The zero-order chi connectivity index (χ0) is 19.9. The van der Waals surface area contributed by atoms with Crippen molar-refractivity contribution in [1.29, 1.82) is 0 Å². The number of methoxy groups -OCH3 is 1. The molecule has 1 saturated heterocycles. The van der Waals surface area contributed by atoms with Crippen LogP contribution in [0.4, 0.5) is 5.69 Å². The van der Waals surface area contributed by atoms with E-state index in [1.807, 2.05) is 0 Å². The number of aromatic carboxylic acids is 1. The van der Waals surface area contributed by atoms with Gasteiger partial charge in [-0.25, -0.2) is 4.79 Å². The number of carbonyl (C=O) groups is 1. The predicted octanol–water partition coefficient (Wildman–Crippen LogP) is 5.10. The minimum absolute atomic E-state index is 0.170.